The predicted octanol–water partition coefficient (Wildman–Crippen LogP) is 4.42. The lowest BCUT2D eigenvalue weighted by atomic mass is 10.3. The van der Waals surface area contributed by atoms with Crippen LogP contribution < -0.4 is 0 Å². The molecule has 0 aliphatic heterocycles. The normalized spacial score (nSPS) is 11.5. The lowest BCUT2D eigenvalue weighted by molar-refractivity contribution is 0.489. The number of hydrogen-bond acceptors (Lipinski definition) is 4. The van der Waals surface area contributed by atoms with Gasteiger partial charge in [-0.15, -0.1) is 0 Å². The van der Waals surface area contributed by atoms with Crippen molar-refractivity contribution in [2.45, 2.75) is 11.0 Å². The van der Waals surface area contributed by atoms with Gasteiger partial charge in [0.15, 0.2) is 5.58 Å². The Kier molecular flexibility index (Phi) is 3.09. The number of halogens is 1. The molecule has 104 valence electrons. The number of imidazole rings is 1. The molecule has 4 nitrogen and oxygen atoms in total. The Morgan fingerprint density at radius 1 is 1.19 bits per heavy atom. The van der Waals surface area contributed by atoms with Crippen molar-refractivity contribution in [3.8, 4) is 0 Å². The van der Waals surface area contributed by atoms with Crippen LogP contribution in [0.4, 0.5) is 0 Å². The van der Waals surface area contributed by atoms with Crippen molar-refractivity contribution in [3.63, 3.8) is 0 Å². The Balaban J connectivity index is 1.57. The molecule has 0 bridgehead atoms. The highest BCUT2D eigenvalue weighted by atomic mass is 35.5. The highest BCUT2D eigenvalue weighted by Crippen LogP contribution is 2.27. The summed E-state index contributed by atoms with van der Waals surface area (Å²) in [4.78, 5) is 8.97. The van der Waals surface area contributed by atoms with Crippen molar-refractivity contribution in [2.24, 2.45) is 0 Å². The summed E-state index contributed by atoms with van der Waals surface area (Å²) >= 11 is 7.47. The van der Waals surface area contributed by atoms with Crippen LogP contribution in [0.5, 0.6) is 0 Å². The highest BCUT2D eigenvalue weighted by molar-refractivity contribution is 7.98. The first-order valence-corrected chi connectivity index (χ1v) is 7.76. The second-order valence-corrected chi connectivity index (χ2v) is 5.94. The molecule has 0 atom stereocenters. The van der Waals surface area contributed by atoms with Gasteiger partial charge in [-0.1, -0.05) is 29.4 Å². The van der Waals surface area contributed by atoms with Gasteiger partial charge in [-0.25, -0.2) is 9.97 Å². The molecule has 0 fully saturated rings. The van der Waals surface area contributed by atoms with Crippen molar-refractivity contribution < 1.29 is 4.42 Å². The van der Waals surface area contributed by atoms with Crippen LogP contribution >= 0.6 is 23.4 Å². The predicted molar refractivity (Wildman–Crippen MR) is 83.8 cm³/mol. The molecule has 0 aliphatic carbocycles. The molecule has 4 rings (SSSR count). The van der Waals surface area contributed by atoms with E-state index in [1.165, 1.54) is 11.8 Å². The molecule has 0 spiro atoms. The average Bonchev–Trinajstić information content (AvgIpc) is 3.07. The van der Waals surface area contributed by atoms with E-state index in [4.69, 9.17) is 16.0 Å². The summed E-state index contributed by atoms with van der Waals surface area (Å²) in [5, 5.41) is 1.29. The van der Waals surface area contributed by atoms with Crippen LogP contribution in [0, 0.1) is 0 Å². The van der Waals surface area contributed by atoms with Gasteiger partial charge in [0.2, 0.25) is 0 Å². The Hall–Kier alpha value is -1.98. The molecule has 3 heterocycles. The Labute approximate surface area is 129 Å². The molecule has 0 radical (unpaired) electrons. The quantitative estimate of drug-likeness (QED) is 0.525. The first kappa shape index (κ1) is 12.7. The van der Waals surface area contributed by atoms with Gasteiger partial charge < -0.3 is 8.82 Å². The molecule has 0 saturated carbocycles. The number of benzene rings is 1. The fourth-order valence-electron chi connectivity index (χ4n) is 2.13. The Morgan fingerprint density at radius 2 is 2.14 bits per heavy atom. The monoisotopic (exact) mass is 315 g/mol. The zero-order valence-electron chi connectivity index (χ0n) is 10.9. The molecule has 0 N–H and O–H groups in total. The maximum absolute atomic E-state index is 5.94. The van der Waals surface area contributed by atoms with Gasteiger partial charge in [0.05, 0.1) is 5.69 Å². The number of hydrogen-bond donors (Lipinski definition) is 0. The van der Waals surface area contributed by atoms with Crippen LogP contribution in [0.25, 0.3) is 16.7 Å². The second-order valence-electron chi connectivity index (χ2n) is 4.58. The van der Waals surface area contributed by atoms with Crippen molar-refractivity contribution in [1.82, 2.24) is 14.4 Å². The third kappa shape index (κ3) is 2.50. The summed E-state index contributed by atoms with van der Waals surface area (Å²) in [6, 6.07) is 11.4. The van der Waals surface area contributed by atoms with Crippen LogP contribution in [0.15, 0.2) is 58.4 Å². The number of pyridine rings is 1. The number of oxazole rings is 1. The fourth-order valence-corrected chi connectivity index (χ4v) is 3.02. The molecule has 3 aromatic heterocycles. The summed E-state index contributed by atoms with van der Waals surface area (Å²) in [6.45, 7) is 0. The third-order valence-electron chi connectivity index (χ3n) is 3.09. The molecule has 1 aromatic carbocycles. The highest BCUT2D eigenvalue weighted by Gasteiger charge is 2.08. The molecule has 4 aromatic rings. The van der Waals surface area contributed by atoms with E-state index in [1.54, 1.807) is 12.1 Å². The van der Waals surface area contributed by atoms with Crippen LogP contribution in [0.1, 0.15) is 5.69 Å². The van der Waals surface area contributed by atoms with Gasteiger partial charge in [-0.05, 0) is 30.3 Å². The lowest BCUT2D eigenvalue weighted by Gasteiger charge is -1.91. The van der Waals surface area contributed by atoms with E-state index in [9.17, 15) is 0 Å². The summed E-state index contributed by atoms with van der Waals surface area (Å²) < 4.78 is 7.68. The van der Waals surface area contributed by atoms with E-state index >= 15 is 0 Å². The minimum Gasteiger partial charge on any atom is -0.431 e. The standard InChI is InChI=1S/C15H10ClN3OS/c16-10-4-5-13-12(7-10)18-15(20-13)21-9-11-8-19-6-2-1-3-14(19)17-11/h1-8H,9H2. The van der Waals surface area contributed by atoms with Crippen molar-refractivity contribution >= 4 is 40.1 Å². The molecule has 0 aliphatic rings. The summed E-state index contributed by atoms with van der Waals surface area (Å²) in [5.74, 6) is 0.711. The zero-order valence-corrected chi connectivity index (χ0v) is 12.4. The van der Waals surface area contributed by atoms with Crippen LogP contribution in [-0.2, 0) is 5.75 Å². The van der Waals surface area contributed by atoms with Gasteiger partial charge >= 0.3 is 0 Å². The van der Waals surface area contributed by atoms with Crippen molar-refractivity contribution in [1.29, 1.82) is 0 Å². The maximum atomic E-state index is 5.94. The van der Waals surface area contributed by atoms with Gasteiger partial charge in [0, 0.05) is 23.2 Å². The molecule has 6 heteroatoms. The largest absolute Gasteiger partial charge is 0.431 e. The smallest absolute Gasteiger partial charge is 0.257 e. The SMILES string of the molecule is Clc1ccc2oc(SCc3cn4ccccc4n3)nc2c1. The number of nitrogens with zero attached hydrogens (tertiary/aromatic N) is 3. The van der Waals surface area contributed by atoms with Crippen molar-refractivity contribution in [2.75, 3.05) is 0 Å². The lowest BCUT2D eigenvalue weighted by Crippen LogP contribution is -1.79. The summed E-state index contributed by atoms with van der Waals surface area (Å²) in [7, 11) is 0. The third-order valence-corrected chi connectivity index (χ3v) is 4.18. The molecule has 0 unspecified atom stereocenters. The van der Waals surface area contributed by atoms with E-state index < -0.39 is 0 Å². The van der Waals surface area contributed by atoms with E-state index in [0.29, 0.717) is 16.0 Å². The van der Waals surface area contributed by atoms with Crippen molar-refractivity contribution in [3.05, 3.63) is 59.5 Å². The van der Waals surface area contributed by atoms with Gasteiger partial charge in [0.1, 0.15) is 11.2 Å². The number of aromatic nitrogens is 3. The minimum atomic E-state index is 0.629. The number of fused-ring (bicyclic) bond motifs is 2. The molecule has 21 heavy (non-hydrogen) atoms. The molecule has 0 saturated heterocycles. The van der Waals surface area contributed by atoms with Gasteiger partial charge in [0.25, 0.3) is 5.22 Å². The first-order valence-electron chi connectivity index (χ1n) is 6.39. The maximum Gasteiger partial charge on any atom is 0.257 e. The van der Waals surface area contributed by atoms with Gasteiger partial charge in [-0.3, -0.25) is 0 Å². The molecular formula is C15H10ClN3OS. The summed E-state index contributed by atoms with van der Waals surface area (Å²) in [6.07, 6.45) is 4.00. The van der Waals surface area contributed by atoms with Crippen LogP contribution in [0.2, 0.25) is 5.02 Å². The Bertz CT molecular complexity index is 898. The minimum absolute atomic E-state index is 0.629. The topological polar surface area (TPSA) is 43.3 Å². The second kappa shape index (κ2) is 5.09. The van der Waals surface area contributed by atoms with E-state index in [0.717, 1.165) is 22.4 Å². The average molecular weight is 316 g/mol. The van der Waals surface area contributed by atoms with Crippen LogP contribution in [0.3, 0.4) is 0 Å². The van der Waals surface area contributed by atoms with Gasteiger partial charge in [-0.2, -0.15) is 0 Å². The fraction of sp³-hybridized carbons (Fsp3) is 0.0667. The van der Waals surface area contributed by atoms with E-state index in [-0.39, 0.29) is 0 Å². The number of rotatable bonds is 3. The molecule has 0 amide bonds. The van der Waals surface area contributed by atoms with Crippen LogP contribution in [-0.4, -0.2) is 14.4 Å². The summed E-state index contributed by atoms with van der Waals surface area (Å²) in [5.41, 5.74) is 3.46. The Morgan fingerprint density at radius 3 is 3.05 bits per heavy atom. The number of thioether (sulfide) groups is 1. The molecular weight excluding hydrogens is 306 g/mol. The zero-order chi connectivity index (χ0) is 14.2. The van der Waals surface area contributed by atoms with E-state index in [1.807, 2.05) is 41.1 Å². The first-order chi connectivity index (χ1) is 10.3. The van der Waals surface area contributed by atoms with E-state index in [2.05, 4.69) is 9.97 Å².